The van der Waals surface area contributed by atoms with Gasteiger partial charge in [0.15, 0.2) is 0 Å². The van der Waals surface area contributed by atoms with E-state index in [4.69, 9.17) is 0 Å². The first-order valence-corrected chi connectivity index (χ1v) is 6.76. The van der Waals surface area contributed by atoms with Crippen LogP contribution in [0, 0.1) is 5.92 Å². The van der Waals surface area contributed by atoms with Gasteiger partial charge in [0.1, 0.15) is 5.72 Å². The van der Waals surface area contributed by atoms with Crippen molar-refractivity contribution in [1.29, 1.82) is 0 Å². The number of hydrogen-bond donors (Lipinski definition) is 1. The molecule has 2 fully saturated rings. The van der Waals surface area contributed by atoms with Crippen LogP contribution in [0.4, 0.5) is 0 Å². The van der Waals surface area contributed by atoms with Gasteiger partial charge in [-0.3, -0.25) is 4.90 Å². The molecular weight excluding hydrogens is 200 g/mol. The van der Waals surface area contributed by atoms with Crippen molar-refractivity contribution >= 4 is 0 Å². The molecular formula is C13H26N2O. The van der Waals surface area contributed by atoms with E-state index in [0.717, 1.165) is 19.6 Å². The van der Waals surface area contributed by atoms with Gasteiger partial charge in [-0.05, 0) is 46.2 Å². The maximum Gasteiger partial charge on any atom is 0.119 e. The highest BCUT2D eigenvalue weighted by Crippen LogP contribution is 2.31. The van der Waals surface area contributed by atoms with E-state index in [0.29, 0.717) is 5.92 Å². The molecule has 0 radical (unpaired) electrons. The Hall–Kier alpha value is -0.120. The van der Waals surface area contributed by atoms with Gasteiger partial charge in [0.2, 0.25) is 0 Å². The van der Waals surface area contributed by atoms with Crippen molar-refractivity contribution in [2.45, 2.75) is 44.8 Å². The van der Waals surface area contributed by atoms with E-state index in [9.17, 15) is 5.11 Å². The standard InChI is InChI=1S/C13H26N2O/c1-13(16,15-9-4-3-5-10-15)12-7-6-8-14(2)11-12/h12,16H,3-11H2,1-2H3. The first-order valence-electron chi connectivity index (χ1n) is 6.76. The fourth-order valence-electron chi connectivity index (χ4n) is 3.22. The van der Waals surface area contributed by atoms with Crippen molar-refractivity contribution in [3.63, 3.8) is 0 Å². The highest BCUT2D eigenvalue weighted by atomic mass is 16.3. The molecule has 16 heavy (non-hydrogen) atoms. The van der Waals surface area contributed by atoms with Gasteiger partial charge < -0.3 is 10.0 Å². The molecule has 0 aromatic heterocycles. The van der Waals surface area contributed by atoms with E-state index in [1.165, 1.54) is 38.6 Å². The van der Waals surface area contributed by atoms with Crippen LogP contribution in [0.2, 0.25) is 0 Å². The van der Waals surface area contributed by atoms with Gasteiger partial charge in [0.25, 0.3) is 0 Å². The fourth-order valence-corrected chi connectivity index (χ4v) is 3.22. The van der Waals surface area contributed by atoms with Crippen LogP contribution in [0.3, 0.4) is 0 Å². The monoisotopic (exact) mass is 226 g/mol. The normalized spacial score (nSPS) is 33.6. The molecule has 0 aliphatic carbocycles. The van der Waals surface area contributed by atoms with Crippen LogP contribution in [0.15, 0.2) is 0 Å². The molecule has 2 unspecified atom stereocenters. The van der Waals surface area contributed by atoms with Gasteiger partial charge >= 0.3 is 0 Å². The van der Waals surface area contributed by atoms with Crippen molar-refractivity contribution in [3.8, 4) is 0 Å². The fraction of sp³-hybridized carbons (Fsp3) is 1.00. The average Bonchev–Trinajstić information content (AvgIpc) is 2.30. The summed E-state index contributed by atoms with van der Waals surface area (Å²) in [6, 6.07) is 0. The third-order valence-electron chi connectivity index (χ3n) is 4.39. The van der Waals surface area contributed by atoms with E-state index in [2.05, 4.69) is 16.8 Å². The lowest BCUT2D eigenvalue weighted by Gasteiger charge is -2.47. The van der Waals surface area contributed by atoms with Crippen LogP contribution >= 0.6 is 0 Å². The number of rotatable bonds is 2. The molecule has 94 valence electrons. The van der Waals surface area contributed by atoms with Gasteiger partial charge in [-0.15, -0.1) is 0 Å². The topological polar surface area (TPSA) is 26.7 Å². The quantitative estimate of drug-likeness (QED) is 0.773. The second-order valence-corrected chi connectivity index (χ2v) is 5.74. The van der Waals surface area contributed by atoms with Crippen LogP contribution in [0.25, 0.3) is 0 Å². The SMILES string of the molecule is CN1CCCC(C(C)(O)N2CCCCC2)C1. The molecule has 0 aromatic rings. The molecule has 0 aromatic carbocycles. The van der Waals surface area contributed by atoms with Crippen LogP contribution in [0.1, 0.15) is 39.0 Å². The summed E-state index contributed by atoms with van der Waals surface area (Å²) in [4.78, 5) is 4.66. The lowest BCUT2D eigenvalue weighted by atomic mass is 9.86. The van der Waals surface area contributed by atoms with Gasteiger partial charge in [0, 0.05) is 25.6 Å². The molecule has 0 amide bonds. The molecule has 0 saturated carbocycles. The Morgan fingerprint density at radius 2 is 1.75 bits per heavy atom. The summed E-state index contributed by atoms with van der Waals surface area (Å²) in [5.41, 5.74) is -0.588. The number of nitrogens with zero attached hydrogens (tertiary/aromatic N) is 2. The highest BCUT2D eigenvalue weighted by Gasteiger charge is 2.39. The van der Waals surface area contributed by atoms with Crippen molar-refractivity contribution in [2.24, 2.45) is 5.92 Å². The number of likely N-dealkylation sites (tertiary alicyclic amines) is 2. The summed E-state index contributed by atoms with van der Waals surface area (Å²) in [5, 5.41) is 10.8. The number of piperidine rings is 2. The molecule has 2 aliphatic rings. The predicted molar refractivity (Wildman–Crippen MR) is 66.3 cm³/mol. The van der Waals surface area contributed by atoms with Gasteiger partial charge in [-0.25, -0.2) is 0 Å². The van der Waals surface area contributed by atoms with Crippen LogP contribution in [0.5, 0.6) is 0 Å². The van der Waals surface area contributed by atoms with Crippen LogP contribution in [-0.2, 0) is 0 Å². The first kappa shape index (κ1) is 12.3. The Bertz CT molecular complexity index is 224. The zero-order chi connectivity index (χ0) is 11.6. The summed E-state index contributed by atoms with van der Waals surface area (Å²) in [5.74, 6) is 0.421. The van der Waals surface area contributed by atoms with Crippen molar-refractivity contribution < 1.29 is 5.11 Å². The lowest BCUT2D eigenvalue weighted by molar-refractivity contribution is -0.154. The minimum atomic E-state index is -0.588. The molecule has 2 aliphatic heterocycles. The molecule has 2 heterocycles. The second kappa shape index (κ2) is 5.03. The van der Waals surface area contributed by atoms with Gasteiger partial charge in [0.05, 0.1) is 0 Å². The molecule has 2 saturated heterocycles. The number of aliphatic hydroxyl groups is 1. The third-order valence-corrected chi connectivity index (χ3v) is 4.39. The Kier molecular flexibility index (Phi) is 3.88. The number of hydrogen-bond acceptors (Lipinski definition) is 3. The van der Waals surface area contributed by atoms with E-state index in [-0.39, 0.29) is 0 Å². The Labute approximate surface area is 99.4 Å². The Morgan fingerprint density at radius 1 is 1.06 bits per heavy atom. The molecule has 3 heteroatoms. The zero-order valence-corrected chi connectivity index (χ0v) is 10.8. The highest BCUT2D eigenvalue weighted by molar-refractivity contribution is 4.88. The second-order valence-electron chi connectivity index (χ2n) is 5.74. The first-order chi connectivity index (χ1) is 7.60. The Morgan fingerprint density at radius 3 is 2.38 bits per heavy atom. The minimum absolute atomic E-state index is 0.421. The van der Waals surface area contributed by atoms with Crippen molar-refractivity contribution in [2.75, 3.05) is 33.2 Å². The van der Waals surface area contributed by atoms with E-state index < -0.39 is 5.72 Å². The Balaban J connectivity index is 1.98. The smallest absolute Gasteiger partial charge is 0.119 e. The van der Waals surface area contributed by atoms with Crippen LogP contribution in [-0.4, -0.2) is 53.9 Å². The maximum absolute atomic E-state index is 10.8. The minimum Gasteiger partial charge on any atom is -0.376 e. The summed E-state index contributed by atoms with van der Waals surface area (Å²) < 4.78 is 0. The third kappa shape index (κ3) is 2.58. The molecule has 3 nitrogen and oxygen atoms in total. The molecule has 2 atom stereocenters. The lowest BCUT2D eigenvalue weighted by Crippen LogP contribution is -2.57. The van der Waals surface area contributed by atoms with Gasteiger partial charge in [-0.2, -0.15) is 0 Å². The molecule has 1 N–H and O–H groups in total. The zero-order valence-electron chi connectivity index (χ0n) is 10.8. The van der Waals surface area contributed by atoms with E-state index >= 15 is 0 Å². The molecule has 0 spiro atoms. The van der Waals surface area contributed by atoms with Crippen molar-refractivity contribution in [1.82, 2.24) is 9.80 Å². The van der Waals surface area contributed by atoms with Gasteiger partial charge in [-0.1, -0.05) is 6.42 Å². The van der Waals surface area contributed by atoms with E-state index in [1.807, 2.05) is 6.92 Å². The predicted octanol–water partition coefficient (Wildman–Crippen LogP) is 1.52. The van der Waals surface area contributed by atoms with Crippen molar-refractivity contribution in [3.05, 3.63) is 0 Å². The summed E-state index contributed by atoms with van der Waals surface area (Å²) in [6.45, 7) is 6.42. The maximum atomic E-state index is 10.8. The largest absolute Gasteiger partial charge is 0.376 e. The molecule has 2 rings (SSSR count). The molecule has 0 bridgehead atoms. The summed E-state index contributed by atoms with van der Waals surface area (Å²) in [6.07, 6.45) is 6.23. The van der Waals surface area contributed by atoms with Crippen LogP contribution < -0.4 is 0 Å². The van der Waals surface area contributed by atoms with E-state index in [1.54, 1.807) is 0 Å². The summed E-state index contributed by atoms with van der Waals surface area (Å²) >= 11 is 0. The summed E-state index contributed by atoms with van der Waals surface area (Å²) in [7, 11) is 2.17. The average molecular weight is 226 g/mol.